The van der Waals surface area contributed by atoms with Gasteiger partial charge in [-0.2, -0.15) is 0 Å². The van der Waals surface area contributed by atoms with Gasteiger partial charge < -0.3 is 10.2 Å². The molecule has 0 atom stereocenters. The lowest BCUT2D eigenvalue weighted by Crippen LogP contribution is -2.30. The average Bonchev–Trinajstić information content (AvgIpc) is 2.58. The number of hydrogen-bond donors (Lipinski definition) is 1. The Kier molecular flexibility index (Phi) is 6.89. The summed E-state index contributed by atoms with van der Waals surface area (Å²) in [6.07, 6.45) is 0.927. The third kappa shape index (κ3) is 4.96. The van der Waals surface area contributed by atoms with Crippen molar-refractivity contribution in [2.45, 2.75) is 20.3 Å². The molecule has 4 heteroatoms. The van der Waals surface area contributed by atoms with Gasteiger partial charge in [0.2, 0.25) is 0 Å². The minimum atomic E-state index is 0.0147. The number of anilines is 1. The first-order valence-electron chi connectivity index (χ1n) is 7.96. The van der Waals surface area contributed by atoms with Crippen LogP contribution in [0.15, 0.2) is 48.5 Å². The first-order valence-corrected chi connectivity index (χ1v) is 9.04. The molecule has 0 aliphatic carbocycles. The first-order chi connectivity index (χ1) is 11.1. The minimum absolute atomic E-state index is 0.0147. The summed E-state index contributed by atoms with van der Waals surface area (Å²) in [6, 6.07) is 16.2. The number of hydrogen-bond acceptors (Lipinski definition) is 2. The number of amides is 1. The molecule has 2 rings (SSSR count). The van der Waals surface area contributed by atoms with Crippen molar-refractivity contribution in [3.8, 4) is 0 Å². The second-order valence-corrected chi connectivity index (χ2v) is 6.54. The van der Waals surface area contributed by atoms with E-state index in [1.165, 1.54) is 5.69 Å². The maximum atomic E-state index is 12.3. The number of carbonyl (C=O) groups excluding carboxylic acids is 1. The number of rotatable bonds is 7. The van der Waals surface area contributed by atoms with Crippen molar-refractivity contribution in [1.82, 2.24) is 5.32 Å². The summed E-state index contributed by atoms with van der Waals surface area (Å²) >= 11 is 2.24. The topological polar surface area (TPSA) is 32.3 Å². The molecule has 0 saturated carbocycles. The standard InChI is InChI=1S/C19H23IN2O/c1-3-22(16-10-5-4-6-11-16)14-8-13-21-19(23)17-12-7-9-15(2)18(17)20/h4-7,9-12H,3,8,13-14H2,1-2H3,(H,21,23). The summed E-state index contributed by atoms with van der Waals surface area (Å²) in [7, 11) is 0. The molecule has 0 spiro atoms. The van der Waals surface area contributed by atoms with Crippen molar-refractivity contribution in [2.24, 2.45) is 0 Å². The molecule has 0 bridgehead atoms. The van der Waals surface area contributed by atoms with Crippen molar-refractivity contribution >= 4 is 34.2 Å². The molecule has 23 heavy (non-hydrogen) atoms. The van der Waals surface area contributed by atoms with E-state index in [2.05, 4.69) is 64.0 Å². The summed E-state index contributed by atoms with van der Waals surface area (Å²) in [5.74, 6) is 0.0147. The van der Waals surface area contributed by atoms with Crippen molar-refractivity contribution in [3.05, 3.63) is 63.2 Å². The Balaban J connectivity index is 1.83. The van der Waals surface area contributed by atoms with Gasteiger partial charge in [-0.1, -0.05) is 30.3 Å². The molecule has 0 unspecified atom stereocenters. The normalized spacial score (nSPS) is 10.4. The second kappa shape index (κ2) is 8.91. The third-order valence-corrected chi connectivity index (χ3v) is 5.26. The fourth-order valence-electron chi connectivity index (χ4n) is 2.50. The zero-order chi connectivity index (χ0) is 16.7. The molecule has 122 valence electrons. The van der Waals surface area contributed by atoms with Crippen molar-refractivity contribution in [1.29, 1.82) is 0 Å². The molecule has 0 heterocycles. The Hall–Kier alpha value is -1.56. The molecular formula is C19H23IN2O. The van der Waals surface area contributed by atoms with Gasteiger partial charge in [0, 0.05) is 28.9 Å². The van der Waals surface area contributed by atoms with Gasteiger partial charge >= 0.3 is 0 Å². The van der Waals surface area contributed by atoms with E-state index in [9.17, 15) is 4.79 Å². The number of benzene rings is 2. The van der Waals surface area contributed by atoms with E-state index in [1.807, 2.05) is 31.2 Å². The largest absolute Gasteiger partial charge is 0.372 e. The van der Waals surface area contributed by atoms with E-state index in [0.717, 1.165) is 34.2 Å². The van der Waals surface area contributed by atoms with E-state index in [4.69, 9.17) is 0 Å². The smallest absolute Gasteiger partial charge is 0.252 e. The van der Waals surface area contributed by atoms with Crippen LogP contribution >= 0.6 is 22.6 Å². The van der Waals surface area contributed by atoms with Crippen LogP contribution in [0, 0.1) is 10.5 Å². The van der Waals surface area contributed by atoms with Crippen LogP contribution in [-0.4, -0.2) is 25.5 Å². The zero-order valence-electron chi connectivity index (χ0n) is 13.7. The summed E-state index contributed by atoms with van der Waals surface area (Å²) in [5, 5.41) is 3.03. The maximum Gasteiger partial charge on any atom is 0.252 e. The van der Waals surface area contributed by atoms with E-state index < -0.39 is 0 Å². The fourth-order valence-corrected chi connectivity index (χ4v) is 3.10. The Morgan fingerprint density at radius 1 is 1.13 bits per heavy atom. The molecule has 1 amide bonds. The molecule has 2 aromatic carbocycles. The van der Waals surface area contributed by atoms with E-state index in [0.29, 0.717) is 6.54 Å². The molecule has 0 aliphatic heterocycles. The summed E-state index contributed by atoms with van der Waals surface area (Å²) in [5.41, 5.74) is 3.13. The highest BCUT2D eigenvalue weighted by Gasteiger charge is 2.10. The Bertz CT molecular complexity index is 643. The highest BCUT2D eigenvalue weighted by Crippen LogP contribution is 2.16. The summed E-state index contributed by atoms with van der Waals surface area (Å²) < 4.78 is 1.03. The van der Waals surface area contributed by atoms with Gasteiger partial charge in [0.1, 0.15) is 0 Å². The van der Waals surface area contributed by atoms with Gasteiger partial charge in [0.15, 0.2) is 0 Å². The molecule has 0 saturated heterocycles. The number of halogens is 1. The fraction of sp³-hybridized carbons (Fsp3) is 0.316. The SMILES string of the molecule is CCN(CCCNC(=O)c1cccc(C)c1I)c1ccccc1. The third-order valence-electron chi connectivity index (χ3n) is 3.83. The predicted octanol–water partition coefficient (Wildman–Crippen LogP) is 4.25. The van der Waals surface area contributed by atoms with Crippen LogP contribution in [0.3, 0.4) is 0 Å². The molecule has 2 aromatic rings. The lowest BCUT2D eigenvalue weighted by molar-refractivity contribution is 0.0952. The molecule has 3 nitrogen and oxygen atoms in total. The molecule has 0 fully saturated rings. The highest BCUT2D eigenvalue weighted by molar-refractivity contribution is 14.1. The van der Waals surface area contributed by atoms with Gasteiger partial charge in [0.05, 0.1) is 5.56 Å². The Labute approximate surface area is 152 Å². The van der Waals surface area contributed by atoms with Crippen LogP contribution in [0.5, 0.6) is 0 Å². The molecule has 1 N–H and O–H groups in total. The first kappa shape index (κ1) is 17.8. The molecule has 0 radical (unpaired) electrons. The monoisotopic (exact) mass is 422 g/mol. The minimum Gasteiger partial charge on any atom is -0.372 e. The highest BCUT2D eigenvalue weighted by atomic mass is 127. The summed E-state index contributed by atoms with van der Waals surface area (Å²) in [4.78, 5) is 14.6. The number of nitrogens with one attached hydrogen (secondary N) is 1. The quantitative estimate of drug-likeness (QED) is 0.535. The maximum absolute atomic E-state index is 12.3. The van der Waals surface area contributed by atoms with Crippen molar-refractivity contribution in [3.63, 3.8) is 0 Å². The number of nitrogens with zero attached hydrogens (tertiary/aromatic N) is 1. The van der Waals surface area contributed by atoms with Crippen molar-refractivity contribution < 1.29 is 4.79 Å². The molecule has 0 aromatic heterocycles. The van der Waals surface area contributed by atoms with Crippen LogP contribution in [-0.2, 0) is 0 Å². The zero-order valence-corrected chi connectivity index (χ0v) is 15.8. The average molecular weight is 422 g/mol. The van der Waals surface area contributed by atoms with E-state index in [1.54, 1.807) is 0 Å². The lowest BCUT2D eigenvalue weighted by atomic mass is 10.1. The van der Waals surface area contributed by atoms with Gasteiger partial charge in [-0.05, 0) is 66.6 Å². The van der Waals surface area contributed by atoms with Crippen LogP contribution in [0.2, 0.25) is 0 Å². The number of para-hydroxylation sites is 1. The summed E-state index contributed by atoms with van der Waals surface area (Å²) in [6.45, 7) is 6.77. The van der Waals surface area contributed by atoms with Crippen LogP contribution < -0.4 is 10.2 Å². The molecule has 0 aliphatic rings. The van der Waals surface area contributed by atoms with E-state index >= 15 is 0 Å². The van der Waals surface area contributed by atoms with Gasteiger partial charge in [-0.3, -0.25) is 4.79 Å². The van der Waals surface area contributed by atoms with Crippen LogP contribution in [0.1, 0.15) is 29.3 Å². The molecular weight excluding hydrogens is 399 g/mol. The number of carbonyl (C=O) groups is 1. The Morgan fingerprint density at radius 2 is 1.87 bits per heavy atom. The Morgan fingerprint density at radius 3 is 2.57 bits per heavy atom. The number of aryl methyl sites for hydroxylation is 1. The predicted molar refractivity (Wildman–Crippen MR) is 105 cm³/mol. The van der Waals surface area contributed by atoms with E-state index in [-0.39, 0.29) is 5.91 Å². The van der Waals surface area contributed by atoms with Gasteiger partial charge in [0.25, 0.3) is 5.91 Å². The lowest BCUT2D eigenvalue weighted by Gasteiger charge is -2.23. The van der Waals surface area contributed by atoms with Crippen LogP contribution in [0.4, 0.5) is 5.69 Å². The van der Waals surface area contributed by atoms with Gasteiger partial charge in [-0.15, -0.1) is 0 Å². The second-order valence-electron chi connectivity index (χ2n) is 5.46. The van der Waals surface area contributed by atoms with Gasteiger partial charge in [-0.25, -0.2) is 0 Å². The van der Waals surface area contributed by atoms with Crippen LogP contribution in [0.25, 0.3) is 0 Å². The van der Waals surface area contributed by atoms with Crippen molar-refractivity contribution in [2.75, 3.05) is 24.5 Å².